The van der Waals surface area contributed by atoms with Crippen LogP contribution in [-0.2, 0) is 12.8 Å². The van der Waals surface area contributed by atoms with Crippen LogP contribution in [0.3, 0.4) is 0 Å². The molecule has 0 radical (unpaired) electrons. The highest BCUT2D eigenvalue weighted by Gasteiger charge is 2.32. The van der Waals surface area contributed by atoms with Crippen LogP contribution in [0.15, 0.2) is 0 Å². The van der Waals surface area contributed by atoms with Crippen molar-refractivity contribution in [2.75, 3.05) is 6.61 Å². The van der Waals surface area contributed by atoms with E-state index in [4.69, 9.17) is 5.11 Å². The summed E-state index contributed by atoms with van der Waals surface area (Å²) in [4.78, 5) is 0. The third-order valence-electron chi connectivity index (χ3n) is 3.50. The molecular weight excluding hydrogens is 176 g/mol. The zero-order valence-electron chi connectivity index (χ0n) is 8.29. The lowest BCUT2D eigenvalue weighted by molar-refractivity contribution is 0.213. The van der Waals surface area contributed by atoms with Crippen LogP contribution in [0, 0.1) is 5.92 Å². The van der Waals surface area contributed by atoms with Crippen molar-refractivity contribution in [3.63, 3.8) is 0 Å². The van der Waals surface area contributed by atoms with Crippen LogP contribution in [0.25, 0.3) is 0 Å². The SMILES string of the molecule is OCC1CCc2[nH]nc(C3CC3)c2C1. The maximum absolute atomic E-state index is 9.17. The summed E-state index contributed by atoms with van der Waals surface area (Å²) < 4.78 is 0. The van der Waals surface area contributed by atoms with Gasteiger partial charge in [-0.2, -0.15) is 5.10 Å². The number of aromatic amines is 1. The van der Waals surface area contributed by atoms with E-state index in [0.29, 0.717) is 12.5 Å². The van der Waals surface area contributed by atoms with Gasteiger partial charge < -0.3 is 5.11 Å². The Morgan fingerprint density at radius 3 is 2.93 bits per heavy atom. The quantitative estimate of drug-likeness (QED) is 0.743. The standard InChI is InChI=1S/C11H16N2O/c14-6-7-1-4-10-9(5-7)11(13-12-10)8-2-3-8/h7-8,14H,1-6H2,(H,12,13). The second-order valence-corrected chi connectivity index (χ2v) is 4.63. The van der Waals surface area contributed by atoms with Crippen LogP contribution in [0.4, 0.5) is 0 Å². The predicted molar refractivity (Wildman–Crippen MR) is 53.2 cm³/mol. The number of aryl methyl sites for hydroxylation is 1. The molecule has 3 nitrogen and oxygen atoms in total. The van der Waals surface area contributed by atoms with E-state index in [-0.39, 0.29) is 0 Å². The van der Waals surface area contributed by atoms with Crippen molar-refractivity contribution in [1.82, 2.24) is 10.2 Å². The number of rotatable bonds is 2. The molecule has 1 fully saturated rings. The minimum atomic E-state index is 0.328. The first-order chi connectivity index (χ1) is 6.88. The highest BCUT2D eigenvalue weighted by atomic mass is 16.3. The molecule has 1 unspecified atom stereocenters. The summed E-state index contributed by atoms with van der Waals surface area (Å²) in [7, 11) is 0. The minimum Gasteiger partial charge on any atom is -0.396 e. The minimum absolute atomic E-state index is 0.328. The molecule has 0 aliphatic heterocycles. The van der Waals surface area contributed by atoms with E-state index in [9.17, 15) is 0 Å². The summed E-state index contributed by atoms with van der Waals surface area (Å²) in [6, 6.07) is 0. The van der Waals surface area contributed by atoms with Crippen molar-refractivity contribution >= 4 is 0 Å². The third-order valence-corrected chi connectivity index (χ3v) is 3.50. The summed E-state index contributed by atoms with van der Waals surface area (Å²) in [6.45, 7) is 0.328. The van der Waals surface area contributed by atoms with Crippen LogP contribution >= 0.6 is 0 Å². The normalized spacial score (nSPS) is 26.2. The molecule has 0 bridgehead atoms. The van der Waals surface area contributed by atoms with Crippen molar-refractivity contribution in [2.45, 2.75) is 38.0 Å². The first kappa shape index (κ1) is 8.48. The zero-order valence-corrected chi connectivity index (χ0v) is 8.29. The highest BCUT2D eigenvalue weighted by molar-refractivity contribution is 5.32. The van der Waals surface area contributed by atoms with Crippen LogP contribution in [0.5, 0.6) is 0 Å². The Balaban J connectivity index is 1.91. The van der Waals surface area contributed by atoms with E-state index >= 15 is 0 Å². The molecule has 1 aromatic heterocycles. The Labute approximate surface area is 83.5 Å². The fourth-order valence-corrected chi connectivity index (χ4v) is 2.44. The van der Waals surface area contributed by atoms with Crippen molar-refractivity contribution in [3.8, 4) is 0 Å². The number of aliphatic hydroxyl groups excluding tert-OH is 1. The van der Waals surface area contributed by atoms with Gasteiger partial charge in [-0.1, -0.05) is 0 Å². The topological polar surface area (TPSA) is 48.9 Å². The first-order valence-corrected chi connectivity index (χ1v) is 5.55. The Bertz CT molecular complexity index is 341. The molecule has 14 heavy (non-hydrogen) atoms. The molecule has 2 aliphatic rings. The fraction of sp³-hybridized carbons (Fsp3) is 0.727. The van der Waals surface area contributed by atoms with Gasteiger partial charge in [-0.15, -0.1) is 0 Å². The number of nitrogens with zero attached hydrogens (tertiary/aromatic N) is 1. The molecule has 1 saturated carbocycles. The lowest BCUT2D eigenvalue weighted by Crippen LogP contribution is -2.17. The molecule has 76 valence electrons. The molecular formula is C11H16N2O. The van der Waals surface area contributed by atoms with E-state index in [1.54, 1.807) is 0 Å². The van der Waals surface area contributed by atoms with Gasteiger partial charge in [0.2, 0.25) is 0 Å². The number of H-pyrrole nitrogens is 1. The van der Waals surface area contributed by atoms with E-state index in [1.807, 2.05) is 0 Å². The highest BCUT2D eigenvalue weighted by Crippen LogP contribution is 2.42. The number of aliphatic hydroxyl groups is 1. The van der Waals surface area contributed by atoms with Crippen molar-refractivity contribution in [3.05, 3.63) is 17.0 Å². The van der Waals surface area contributed by atoms with Gasteiger partial charge in [0.1, 0.15) is 0 Å². The maximum Gasteiger partial charge on any atom is 0.0687 e. The smallest absolute Gasteiger partial charge is 0.0687 e. The molecule has 1 atom stereocenters. The Hall–Kier alpha value is -0.830. The molecule has 2 N–H and O–H groups in total. The second-order valence-electron chi connectivity index (χ2n) is 4.63. The van der Waals surface area contributed by atoms with E-state index in [2.05, 4.69) is 10.2 Å². The number of hydrogen-bond acceptors (Lipinski definition) is 2. The lowest BCUT2D eigenvalue weighted by atomic mass is 9.86. The van der Waals surface area contributed by atoms with Crippen molar-refractivity contribution in [1.29, 1.82) is 0 Å². The zero-order chi connectivity index (χ0) is 9.54. The van der Waals surface area contributed by atoms with Gasteiger partial charge in [0.25, 0.3) is 0 Å². The maximum atomic E-state index is 9.17. The monoisotopic (exact) mass is 192 g/mol. The van der Waals surface area contributed by atoms with Crippen LogP contribution in [0.2, 0.25) is 0 Å². The summed E-state index contributed by atoms with van der Waals surface area (Å²) >= 11 is 0. The van der Waals surface area contributed by atoms with E-state index < -0.39 is 0 Å². The van der Waals surface area contributed by atoms with Gasteiger partial charge >= 0.3 is 0 Å². The second kappa shape index (κ2) is 3.09. The Morgan fingerprint density at radius 1 is 1.36 bits per heavy atom. The van der Waals surface area contributed by atoms with Crippen LogP contribution < -0.4 is 0 Å². The number of aromatic nitrogens is 2. The third kappa shape index (κ3) is 1.27. The largest absolute Gasteiger partial charge is 0.396 e. The van der Waals surface area contributed by atoms with Crippen molar-refractivity contribution in [2.24, 2.45) is 5.92 Å². The van der Waals surface area contributed by atoms with E-state index in [1.165, 1.54) is 29.8 Å². The van der Waals surface area contributed by atoms with Gasteiger partial charge in [0, 0.05) is 18.2 Å². The number of hydrogen-bond donors (Lipinski definition) is 2. The first-order valence-electron chi connectivity index (χ1n) is 5.55. The number of fused-ring (bicyclic) bond motifs is 1. The van der Waals surface area contributed by atoms with Gasteiger partial charge in [-0.25, -0.2) is 0 Å². The molecule has 3 rings (SSSR count). The molecule has 0 saturated heterocycles. The molecule has 2 aliphatic carbocycles. The van der Waals surface area contributed by atoms with Gasteiger partial charge in [-0.3, -0.25) is 5.10 Å². The Kier molecular flexibility index (Phi) is 1.87. The Morgan fingerprint density at radius 2 is 2.21 bits per heavy atom. The van der Waals surface area contributed by atoms with Gasteiger partial charge in [-0.05, 0) is 43.6 Å². The van der Waals surface area contributed by atoms with Gasteiger partial charge in [0.05, 0.1) is 5.69 Å². The molecule has 0 amide bonds. The van der Waals surface area contributed by atoms with Crippen LogP contribution in [-0.4, -0.2) is 21.9 Å². The van der Waals surface area contributed by atoms with Crippen molar-refractivity contribution < 1.29 is 5.11 Å². The summed E-state index contributed by atoms with van der Waals surface area (Å²) in [5.74, 6) is 1.20. The average Bonchev–Trinajstić information content (AvgIpc) is 2.98. The molecule has 1 aromatic rings. The van der Waals surface area contributed by atoms with Gasteiger partial charge in [0.15, 0.2) is 0 Å². The fourth-order valence-electron chi connectivity index (χ4n) is 2.44. The molecule has 3 heteroatoms. The lowest BCUT2D eigenvalue weighted by Gasteiger charge is -2.20. The molecule has 0 aromatic carbocycles. The van der Waals surface area contributed by atoms with Crippen LogP contribution in [0.1, 0.15) is 42.1 Å². The molecule has 0 spiro atoms. The van der Waals surface area contributed by atoms with E-state index in [0.717, 1.165) is 25.2 Å². The average molecular weight is 192 g/mol. The summed E-state index contributed by atoms with van der Waals surface area (Å²) in [6.07, 6.45) is 5.83. The summed E-state index contributed by atoms with van der Waals surface area (Å²) in [5, 5.41) is 16.8. The summed E-state index contributed by atoms with van der Waals surface area (Å²) in [5.41, 5.74) is 4.06. The predicted octanol–water partition coefficient (Wildman–Crippen LogP) is 1.38. The number of nitrogens with one attached hydrogen (secondary N) is 1. The molecule has 1 heterocycles.